The van der Waals surface area contributed by atoms with Gasteiger partial charge >= 0.3 is 0 Å². The van der Waals surface area contributed by atoms with Crippen LogP contribution in [0.15, 0.2) is 0 Å². The van der Waals surface area contributed by atoms with Crippen LogP contribution in [0.2, 0.25) is 0 Å². The third kappa shape index (κ3) is 0.441. The normalized spacial score (nSPS) is 85.5. The molecule has 0 amide bonds. The van der Waals surface area contributed by atoms with Crippen molar-refractivity contribution in [3.8, 4) is 0 Å². The van der Waals surface area contributed by atoms with Crippen molar-refractivity contribution in [2.75, 3.05) is 0 Å². The minimum absolute atomic E-state index is 0.0924. The standard InChI is InChI=1S/C12H15IO/c1-12-8-4-2-3-5(6(4)11(12)13)9(12)10(14)7(3)8/h3-11,14H,2H2,1H3/t3-,4+,5?,6?,7?,8?,9?,10?,11?,12-/m1/s1. The smallest absolute Gasteiger partial charge is 0.0610 e. The number of alkyl halides is 1. The Morgan fingerprint density at radius 3 is 2.64 bits per heavy atom. The van der Waals surface area contributed by atoms with E-state index in [0.717, 1.165) is 39.4 Å². The summed E-state index contributed by atoms with van der Waals surface area (Å²) in [6, 6.07) is 0. The number of halogens is 1. The lowest BCUT2D eigenvalue weighted by Gasteiger charge is -2.39. The first-order valence-electron chi connectivity index (χ1n) is 5.99. The maximum atomic E-state index is 10.4. The van der Waals surface area contributed by atoms with E-state index in [1.54, 1.807) is 0 Å². The zero-order valence-electron chi connectivity index (χ0n) is 8.23. The van der Waals surface area contributed by atoms with E-state index in [9.17, 15) is 5.11 Å². The van der Waals surface area contributed by atoms with Gasteiger partial charge in [0.1, 0.15) is 0 Å². The molecule has 0 saturated heterocycles. The third-order valence-electron chi connectivity index (χ3n) is 6.89. The molecular weight excluding hydrogens is 287 g/mol. The van der Waals surface area contributed by atoms with Crippen LogP contribution in [0.3, 0.4) is 0 Å². The zero-order chi connectivity index (χ0) is 9.40. The molecule has 10 atom stereocenters. The van der Waals surface area contributed by atoms with Crippen molar-refractivity contribution in [2.24, 2.45) is 46.8 Å². The molecule has 6 aliphatic carbocycles. The molecule has 0 aromatic rings. The minimum atomic E-state index is 0.0924. The summed E-state index contributed by atoms with van der Waals surface area (Å²) in [5, 5.41) is 10.4. The highest BCUT2D eigenvalue weighted by molar-refractivity contribution is 14.1. The quantitative estimate of drug-likeness (QED) is 0.535. The third-order valence-corrected chi connectivity index (χ3v) is 9.07. The Kier molecular flexibility index (Phi) is 1.03. The number of hydrogen-bond donors (Lipinski definition) is 1. The fraction of sp³-hybridized carbons (Fsp3) is 1.00. The lowest BCUT2D eigenvalue weighted by atomic mass is 9.64. The molecule has 0 heterocycles. The van der Waals surface area contributed by atoms with Crippen LogP contribution >= 0.6 is 22.6 Å². The summed E-state index contributed by atoms with van der Waals surface area (Å²) in [4.78, 5) is 0. The fourth-order valence-corrected chi connectivity index (χ4v) is 8.91. The van der Waals surface area contributed by atoms with E-state index < -0.39 is 0 Å². The van der Waals surface area contributed by atoms with Crippen LogP contribution in [0.4, 0.5) is 0 Å². The second-order valence-electron chi connectivity index (χ2n) is 6.61. The maximum Gasteiger partial charge on any atom is 0.0610 e. The number of aliphatic hydroxyl groups excluding tert-OH is 1. The molecule has 1 nitrogen and oxygen atoms in total. The summed E-state index contributed by atoms with van der Waals surface area (Å²) < 4.78 is 0.886. The van der Waals surface area contributed by atoms with Crippen molar-refractivity contribution in [2.45, 2.75) is 23.4 Å². The lowest BCUT2D eigenvalue weighted by molar-refractivity contribution is 0.0642. The van der Waals surface area contributed by atoms with Crippen LogP contribution < -0.4 is 0 Å². The van der Waals surface area contributed by atoms with Crippen LogP contribution in [-0.2, 0) is 0 Å². The van der Waals surface area contributed by atoms with Gasteiger partial charge in [0.2, 0.25) is 0 Å². The molecule has 6 bridgehead atoms. The predicted octanol–water partition coefficient (Wildman–Crippen LogP) is 1.93. The maximum absolute atomic E-state index is 10.4. The summed E-state index contributed by atoms with van der Waals surface area (Å²) >= 11 is 2.72. The van der Waals surface area contributed by atoms with Gasteiger partial charge in [-0.2, -0.15) is 0 Å². The molecule has 0 aromatic carbocycles. The van der Waals surface area contributed by atoms with Crippen LogP contribution in [0, 0.1) is 46.8 Å². The van der Waals surface area contributed by atoms with E-state index in [1.165, 1.54) is 6.42 Å². The summed E-state index contributed by atoms with van der Waals surface area (Å²) in [6.45, 7) is 2.50. The lowest BCUT2D eigenvalue weighted by Crippen LogP contribution is -2.37. The molecule has 0 radical (unpaired) electrons. The fourth-order valence-electron chi connectivity index (χ4n) is 7.06. The number of aliphatic hydroxyl groups is 1. The van der Waals surface area contributed by atoms with Crippen molar-refractivity contribution >= 4 is 22.6 Å². The Labute approximate surface area is 97.8 Å². The van der Waals surface area contributed by atoms with Gasteiger partial charge in [-0.15, -0.1) is 0 Å². The van der Waals surface area contributed by atoms with Gasteiger partial charge in [0.15, 0.2) is 0 Å². The molecule has 0 aliphatic heterocycles. The molecule has 76 valence electrons. The Bertz CT molecular complexity index is 350. The highest BCUT2D eigenvalue weighted by atomic mass is 127. The molecule has 6 aliphatic rings. The summed E-state index contributed by atoms with van der Waals surface area (Å²) in [5.41, 5.74) is 0.539. The van der Waals surface area contributed by atoms with Crippen LogP contribution in [-0.4, -0.2) is 15.1 Å². The van der Waals surface area contributed by atoms with Gasteiger partial charge in [0.05, 0.1) is 6.10 Å². The number of rotatable bonds is 0. The first-order valence-corrected chi connectivity index (χ1v) is 7.24. The van der Waals surface area contributed by atoms with Crippen LogP contribution in [0.5, 0.6) is 0 Å². The van der Waals surface area contributed by atoms with Crippen molar-refractivity contribution in [3.63, 3.8) is 0 Å². The molecule has 7 unspecified atom stereocenters. The average molecular weight is 302 g/mol. The van der Waals surface area contributed by atoms with Gasteiger partial charge in [-0.25, -0.2) is 0 Å². The van der Waals surface area contributed by atoms with E-state index in [1.807, 2.05) is 0 Å². The average Bonchev–Trinajstić information content (AvgIpc) is 2.81. The van der Waals surface area contributed by atoms with Gasteiger partial charge in [-0.3, -0.25) is 0 Å². The zero-order valence-corrected chi connectivity index (χ0v) is 10.4. The molecule has 2 heteroatoms. The summed E-state index contributed by atoms with van der Waals surface area (Å²) in [5.74, 6) is 6.28. The molecule has 14 heavy (non-hydrogen) atoms. The molecule has 6 fully saturated rings. The van der Waals surface area contributed by atoms with Gasteiger partial charge in [0, 0.05) is 3.92 Å². The summed E-state index contributed by atoms with van der Waals surface area (Å²) in [6.07, 6.45) is 1.57. The topological polar surface area (TPSA) is 20.2 Å². The van der Waals surface area contributed by atoms with Gasteiger partial charge in [0.25, 0.3) is 0 Å². The van der Waals surface area contributed by atoms with Gasteiger partial charge in [-0.1, -0.05) is 29.5 Å². The molecular formula is C12H15IO. The Morgan fingerprint density at radius 1 is 1.14 bits per heavy atom. The van der Waals surface area contributed by atoms with Crippen LogP contribution in [0.25, 0.3) is 0 Å². The minimum Gasteiger partial charge on any atom is -0.392 e. The summed E-state index contributed by atoms with van der Waals surface area (Å²) in [7, 11) is 0. The van der Waals surface area contributed by atoms with Gasteiger partial charge in [-0.05, 0) is 53.3 Å². The second kappa shape index (κ2) is 1.83. The van der Waals surface area contributed by atoms with E-state index >= 15 is 0 Å². The largest absolute Gasteiger partial charge is 0.392 e. The molecule has 1 N–H and O–H groups in total. The Hall–Kier alpha value is 0.690. The highest BCUT2D eigenvalue weighted by Gasteiger charge is 2.87. The van der Waals surface area contributed by atoms with Crippen molar-refractivity contribution in [3.05, 3.63) is 0 Å². The monoisotopic (exact) mass is 302 g/mol. The molecule has 0 aromatic heterocycles. The van der Waals surface area contributed by atoms with E-state index in [-0.39, 0.29) is 6.10 Å². The molecule has 6 rings (SSSR count). The SMILES string of the molecule is C[C@]12C(I)C3C4C1C(O)C1C2[C@H]3C[C@H]41. The first kappa shape index (κ1) is 7.88. The predicted molar refractivity (Wildman–Crippen MR) is 61.0 cm³/mol. The Morgan fingerprint density at radius 2 is 1.93 bits per heavy atom. The van der Waals surface area contributed by atoms with E-state index in [4.69, 9.17) is 0 Å². The van der Waals surface area contributed by atoms with Gasteiger partial charge < -0.3 is 5.11 Å². The Balaban J connectivity index is 1.88. The highest BCUT2D eigenvalue weighted by Crippen LogP contribution is 2.87. The van der Waals surface area contributed by atoms with E-state index in [0.29, 0.717) is 11.3 Å². The van der Waals surface area contributed by atoms with Crippen molar-refractivity contribution in [1.29, 1.82) is 0 Å². The second-order valence-corrected chi connectivity index (χ2v) is 7.95. The molecule has 6 saturated carbocycles. The van der Waals surface area contributed by atoms with Crippen molar-refractivity contribution in [1.82, 2.24) is 0 Å². The van der Waals surface area contributed by atoms with Crippen LogP contribution in [0.1, 0.15) is 13.3 Å². The molecule has 0 spiro atoms. The van der Waals surface area contributed by atoms with Crippen molar-refractivity contribution < 1.29 is 5.11 Å². The first-order chi connectivity index (χ1) is 6.67. The number of hydrogen-bond acceptors (Lipinski definition) is 1. The van der Waals surface area contributed by atoms with E-state index in [2.05, 4.69) is 29.5 Å².